The van der Waals surface area contributed by atoms with E-state index in [1.54, 1.807) is 0 Å². The molecule has 0 aromatic heterocycles. The highest BCUT2D eigenvalue weighted by Gasteiger charge is 2.33. The van der Waals surface area contributed by atoms with Crippen LogP contribution < -0.4 is 5.32 Å². The summed E-state index contributed by atoms with van der Waals surface area (Å²) in [5.74, 6) is 2.07. The van der Waals surface area contributed by atoms with E-state index in [1.165, 1.54) is 45.2 Å². The highest BCUT2D eigenvalue weighted by molar-refractivity contribution is 4.87. The van der Waals surface area contributed by atoms with Crippen LogP contribution in [-0.4, -0.2) is 37.1 Å². The molecule has 2 fully saturated rings. The van der Waals surface area contributed by atoms with Crippen molar-refractivity contribution >= 4 is 0 Å². The van der Waals surface area contributed by atoms with E-state index in [2.05, 4.69) is 31.1 Å². The van der Waals surface area contributed by atoms with Crippen molar-refractivity contribution < 1.29 is 0 Å². The van der Waals surface area contributed by atoms with Crippen LogP contribution in [0.25, 0.3) is 0 Å². The molecule has 94 valence electrons. The molecule has 2 rings (SSSR count). The number of hydrogen-bond acceptors (Lipinski definition) is 2. The largest absolute Gasteiger partial charge is 0.316 e. The van der Waals surface area contributed by atoms with Crippen LogP contribution in [0.1, 0.15) is 46.0 Å². The molecular formula is C14H28N2. The average molecular weight is 224 g/mol. The van der Waals surface area contributed by atoms with Gasteiger partial charge in [-0.3, -0.25) is 4.90 Å². The number of rotatable bonds is 3. The first kappa shape index (κ1) is 12.4. The van der Waals surface area contributed by atoms with Gasteiger partial charge < -0.3 is 5.32 Å². The maximum absolute atomic E-state index is 3.39. The molecule has 0 bridgehead atoms. The highest BCUT2D eigenvalue weighted by atomic mass is 15.2. The Hall–Kier alpha value is -0.0800. The number of piperidine rings is 1. The molecule has 2 aliphatic rings. The summed E-state index contributed by atoms with van der Waals surface area (Å²) < 4.78 is 0. The molecule has 0 spiro atoms. The first-order chi connectivity index (χ1) is 7.72. The molecule has 1 N–H and O–H groups in total. The second-order valence-corrected chi connectivity index (χ2v) is 5.91. The van der Waals surface area contributed by atoms with Crippen LogP contribution in [0.3, 0.4) is 0 Å². The number of likely N-dealkylation sites (tertiary alicyclic amines) is 1. The zero-order valence-electron chi connectivity index (χ0n) is 11.2. The van der Waals surface area contributed by atoms with Gasteiger partial charge >= 0.3 is 0 Å². The third-order valence-corrected chi connectivity index (χ3v) is 5.08. The topological polar surface area (TPSA) is 15.3 Å². The number of fused-ring (bicyclic) bond motifs is 1. The van der Waals surface area contributed by atoms with E-state index < -0.39 is 0 Å². The highest BCUT2D eigenvalue weighted by Crippen LogP contribution is 2.36. The van der Waals surface area contributed by atoms with Gasteiger partial charge in [0.1, 0.15) is 0 Å². The zero-order valence-corrected chi connectivity index (χ0v) is 11.2. The van der Waals surface area contributed by atoms with Crippen molar-refractivity contribution in [2.45, 2.75) is 58.0 Å². The maximum Gasteiger partial charge on any atom is 0.0218 e. The average Bonchev–Trinajstić information content (AvgIpc) is 2.36. The van der Waals surface area contributed by atoms with Crippen molar-refractivity contribution in [2.75, 3.05) is 20.1 Å². The van der Waals surface area contributed by atoms with Gasteiger partial charge in [0.25, 0.3) is 0 Å². The van der Waals surface area contributed by atoms with Gasteiger partial charge in [-0.05, 0) is 52.1 Å². The van der Waals surface area contributed by atoms with Crippen LogP contribution in [0, 0.1) is 11.8 Å². The van der Waals surface area contributed by atoms with E-state index in [4.69, 9.17) is 0 Å². The molecule has 4 atom stereocenters. The van der Waals surface area contributed by atoms with Crippen LogP contribution in [0.5, 0.6) is 0 Å². The Morgan fingerprint density at radius 1 is 1.06 bits per heavy atom. The predicted molar refractivity (Wildman–Crippen MR) is 69.6 cm³/mol. The van der Waals surface area contributed by atoms with Crippen molar-refractivity contribution in [3.63, 3.8) is 0 Å². The Kier molecular flexibility index (Phi) is 4.26. The molecule has 1 aliphatic carbocycles. The van der Waals surface area contributed by atoms with Gasteiger partial charge in [0, 0.05) is 18.6 Å². The van der Waals surface area contributed by atoms with Crippen LogP contribution in [0.4, 0.5) is 0 Å². The van der Waals surface area contributed by atoms with E-state index in [-0.39, 0.29) is 0 Å². The molecule has 4 unspecified atom stereocenters. The van der Waals surface area contributed by atoms with Crippen LogP contribution in [0.2, 0.25) is 0 Å². The quantitative estimate of drug-likeness (QED) is 0.792. The van der Waals surface area contributed by atoms with E-state index in [0.29, 0.717) is 12.1 Å². The summed E-state index contributed by atoms with van der Waals surface area (Å²) in [6, 6.07) is 1.30. The Morgan fingerprint density at radius 3 is 2.44 bits per heavy atom. The Morgan fingerprint density at radius 2 is 1.75 bits per heavy atom. The molecule has 1 heterocycles. The van der Waals surface area contributed by atoms with Crippen LogP contribution >= 0.6 is 0 Å². The monoisotopic (exact) mass is 224 g/mol. The third kappa shape index (κ3) is 2.60. The number of hydrogen-bond donors (Lipinski definition) is 1. The number of likely N-dealkylation sites (N-methyl/N-ethyl adjacent to an activating group) is 1. The fraction of sp³-hybridized carbons (Fsp3) is 1.00. The van der Waals surface area contributed by atoms with Gasteiger partial charge in [-0.25, -0.2) is 0 Å². The van der Waals surface area contributed by atoms with Gasteiger partial charge in [0.15, 0.2) is 0 Å². The molecule has 0 aromatic carbocycles. The van der Waals surface area contributed by atoms with Crippen molar-refractivity contribution in [2.24, 2.45) is 11.8 Å². The van der Waals surface area contributed by atoms with Crippen molar-refractivity contribution in [1.82, 2.24) is 10.2 Å². The van der Waals surface area contributed by atoms with E-state index in [1.807, 2.05) is 0 Å². The summed E-state index contributed by atoms with van der Waals surface area (Å²) in [6.07, 6.45) is 7.41. The van der Waals surface area contributed by atoms with Crippen molar-refractivity contribution in [3.05, 3.63) is 0 Å². The lowest BCUT2D eigenvalue weighted by Crippen LogP contribution is -2.51. The van der Waals surface area contributed by atoms with E-state index >= 15 is 0 Å². The summed E-state index contributed by atoms with van der Waals surface area (Å²) >= 11 is 0. The molecule has 1 saturated heterocycles. The molecule has 0 radical (unpaired) electrons. The first-order valence-corrected chi connectivity index (χ1v) is 7.13. The van der Waals surface area contributed by atoms with Gasteiger partial charge in [-0.2, -0.15) is 0 Å². The van der Waals surface area contributed by atoms with Gasteiger partial charge in [-0.1, -0.05) is 19.3 Å². The fourth-order valence-electron chi connectivity index (χ4n) is 3.56. The van der Waals surface area contributed by atoms with Crippen LogP contribution in [-0.2, 0) is 0 Å². The lowest BCUT2D eigenvalue weighted by atomic mass is 9.75. The molecule has 2 heteroatoms. The molecule has 0 amide bonds. The molecular weight excluding hydrogens is 196 g/mol. The SMILES string of the molecule is CNC(C)C(C)N1CCC2CCCCC2C1. The summed E-state index contributed by atoms with van der Waals surface area (Å²) in [6.45, 7) is 7.37. The Bertz CT molecular complexity index is 217. The van der Waals surface area contributed by atoms with E-state index in [9.17, 15) is 0 Å². The summed E-state index contributed by atoms with van der Waals surface area (Å²) in [4.78, 5) is 2.72. The molecule has 16 heavy (non-hydrogen) atoms. The van der Waals surface area contributed by atoms with Gasteiger partial charge in [0.05, 0.1) is 0 Å². The minimum Gasteiger partial charge on any atom is -0.316 e. The second kappa shape index (κ2) is 5.50. The first-order valence-electron chi connectivity index (χ1n) is 7.13. The summed E-state index contributed by atoms with van der Waals surface area (Å²) in [7, 11) is 2.08. The number of nitrogens with one attached hydrogen (secondary N) is 1. The van der Waals surface area contributed by atoms with Gasteiger partial charge in [0.2, 0.25) is 0 Å². The normalized spacial score (nSPS) is 35.4. The summed E-state index contributed by atoms with van der Waals surface area (Å²) in [5.41, 5.74) is 0. The molecule has 2 nitrogen and oxygen atoms in total. The van der Waals surface area contributed by atoms with Crippen LogP contribution in [0.15, 0.2) is 0 Å². The second-order valence-electron chi connectivity index (χ2n) is 5.91. The van der Waals surface area contributed by atoms with E-state index in [0.717, 1.165) is 11.8 Å². The Labute approximate surface area is 101 Å². The van der Waals surface area contributed by atoms with Crippen molar-refractivity contribution in [1.29, 1.82) is 0 Å². The Balaban J connectivity index is 1.89. The zero-order chi connectivity index (χ0) is 11.5. The third-order valence-electron chi connectivity index (χ3n) is 5.08. The minimum absolute atomic E-state index is 0.611. The fourth-order valence-corrected chi connectivity index (χ4v) is 3.56. The number of nitrogens with zero attached hydrogens (tertiary/aromatic N) is 1. The molecule has 0 aromatic rings. The summed E-state index contributed by atoms with van der Waals surface area (Å²) in [5, 5.41) is 3.39. The maximum atomic E-state index is 3.39. The van der Waals surface area contributed by atoms with Gasteiger partial charge in [-0.15, -0.1) is 0 Å². The molecule has 1 aliphatic heterocycles. The lowest BCUT2D eigenvalue weighted by molar-refractivity contribution is 0.0525. The molecule has 1 saturated carbocycles. The van der Waals surface area contributed by atoms with Crippen molar-refractivity contribution in [3.8, 4) is 0 Å². The standard InChI is InChI=1S/C14H28N2/c1-11(15-3)12(2)16-9-8-13-6-4-5-7-14(13)10-16/h11-15H,4-10H2,1-3H3. The predicted octanol–water partition coefficient (Wildman–Crippen LogP) is 2.49. The minimum atomic E-state index is 0.611. The smallest absolute Gasteiger partial charge is 0.0218 e. The lowest BCUT2D eigenvalue weighted by Gasteiger charge is -2.45.